The Morgan fingerprint density at radius 1 is 1.43 bits per heavy atom. The number of fused-ring (bicyclic) bond motifs is 1. The van der Waals surface area contributed by atoms with Gasteiger partial charge in [-0.15, -0.1) is 0 Å². The number of aromatic nitrogens is 2. The molecular formula is C12H20N2. The minimum Gasteiger partial charge on any atom is -0.332 e. The van der Waals surface area contributed by atoms with Gasteiger partial charge in [-0.1, -0.05) is 20.8 Å². The van der Waals surface area contributed by atoms with Crippen molar-refractivity contribution in [2.45, 2.75) is 58.4 Å². The number of nitrogens with zero attached hydrogens (tertiary/aromatic N) is 2. The van der Waals surface area contributed by atoms with Gasteiger partial charge in [0.1, 0.15) is 5.82 Å². The van der Waals surface area contributed by atoms with Crippen LogP contribution in [0.15, 0.2) is 6.20 Å². The smallest absolute Gasteiger partial charge is 0.109 e. The second-order valence-electron chi connectivity index (χ2n) is 5.44. The first-order valence-electron chi connectivity index (χ1n) is 5.57. The van der Waals surface area contributed by atoms with Gasteiger partial charge >= 0.3 is 0 Å². The van der Waals surface area contributed by atoms with Crippen molar-refractivity contribution in [3.05, 3.63) is 17.7 Å². The van der Waals surface area contributed by atoms with Gasteiger partial charge in [-0.05, 0) is 19.8 Å². The van der Waals surface area contributed by atoms with Crippen LogP contribution < -0.4 is 0 Å². The van der Waals surface area contributed by atoms with E-state index in [1.54, 1.807) is 0 Å². The molecule has 2 rings (SSSR count). The van der Waals surface area contributed by atoms with E-state index in [0.29, 0.717) is 6.04 Å². The zero-order valence-corrected chi connectivity index (χ0v) is 9.67. The van der Waals surface area contributed by atoms with Crippen LogP contribution >= 0.6 is 0 Å². The summed E-state index contributed by atoms with van der Waals surface area (Å²) in [6.45, 7) is 8.97. The number of rotatable bonds is 0. The molecule has 1 atom stereocenters. The maximum Gasteiger partial charge on any atom is 0.109 e. The first-order valence-corrected chi connectivity index (χ1v) is 5.57. The molecule has 0 aliphatic carbocycles. The minimum absolute atomic E-state index is 0.185. The first kappa shape index (κ1) is 9.75. The topological polar surface area (TPSA) is 17.8 Å². The van der Waals surface area contributed by atoms with Crippen molar-refractivity contribution >= 4 is 0 Å². The van der Waals surface area contributed by atoms with Crippen LogP contribution in [0.4, 0.5) is 0 Å². The molecule has 0 amide bonds. The molecule has 2 heterocycles. The summed E-state index contributed by atoms with van der Waals surface area (Å²) >= 11 is 0. The average molecular weight is 192 g/mol. The summed E-state index contributed by atoms with van der Waals surface area (Å²) in [5.74, 6) is 1.29. The zero-order chi connectivity index (χ0) is 10.3. The molecule has 1 aromatic heterocycles. The van der Waals surface area contributed by atoms with E-state index in [1.807, 2.05) is 0 Å². The molecule has 0 bridgehead atoms. The maximum atomic E-state index is 4.74. The predicted octanol–water partition coefficient (Wildman–Crippen LogP) is 3.08. The van der Waals surface area contributed by atoms with E-state index in [0.717, 1.165) is 6.42 Å². The largest absolute Gasteiger partial charge is 0.332 e. The molecule has 0 saturated heterocycles. The Bertz CT molecular complexity index is 331. The molecule has 1 unspecified atom stereocenters. The van der Waals surface area contributed by atoms with Crippen LogP contribution in [0.3, 0.4) is 0 Å². The Hall–Kier alpha value is -0.790. The van der Waals surface area contributed by atoms with Crippen molar-refractivity contribution in [1.29, 1.82) is 0 Å². The fourth-order valence-electron chi connectivity index (χ4n) is 2.05. The standard InChI is InChI=1S/C12H20N2/c1-9-6-5-7-11-13-10(8-14(9)11)12(2,3)4/h8-9H,5-7H2,1-4H3. The Morgan fingerprint density at radius 3 is 2.71 bits per heavy atom. The second kappa shape index (κ2) is 3.11. The van der Waals surface area contributed by atoms with E-state index in [4.69, 9.17) is 4.98 Å². The predicted molar refractivity (Wildman–Crippen MR) is 58.6 cm³/mol. The SMILES string of the molecule is CC1CCCc2nc(C(C)(C)C)cn21. The van der Waals surface area contributed by atoms with Crippen LogP contribution in [0.25, 0.3) is 0 Å². The van der Waals surface area contributed by atoms with Crippen molar-refractivity contribution < 1.29 is 0 Å². The minimum atomic E-state index is 0.185. The Labute approximate surface area is 86.3 Å². The Morgan fingerprint density at radius 2 is 2.14 bits per heavy atom. The van der Waals surface area contributed by atoms with Crippen LogP contribution in [-0.2, 0) is 11.8 Å². The van der Waals surface area contributed by atoms with E-state index in [1.165, 1.54) is 24.4 Å². The molecule has 1 aromatic rings. The molecule has 0 saturated carbocycles. The van der Waals surface area contributed by atoms with Gasteiger partial charge in [0.15, 0.2) is 0 Å². The zero-order valence-electron chi connectivity index (χ0n) is 9.67. The summed E-state index contributed by atoms with van der Waals surface area (Å²) < 4.78 is 2.37. The van der Waals surface area contributed by atoms with Crippen LogP contribution in [0.5, 0.6) is 0 Å². The van der Waals surface area contributed by atoms with Crippen LogP contribution in [0, 0.1) is 0 Å². The lowest BCUT2D eigenvalue weighted by Crippen LogP contribution is -2.14. The van der Waals surface area contributed by atoms with Crippen molar-refractivity contribution in [2.75, 3.05) is 0 Å². The number of hydrogen-bond donors (Lipinski definition) is 0. The maximum absolute atomic E-state index is 4.74. The third kappa shape index (κ3) is 1.58. The Kier molecular flexibility index (Phi) is 2.17. The highest BCUT2D eigenvalue weighted by atomic mass is 15.1. The van der Waals surface area contributed by atoms with E-state index in [-0.39, 0.29) is 5.41 Å². The number of aryl methyl sites for hydroxylation is 1. The van der Waals surface area contributed by atoms with Crippen LogP contribution in [0.2, 0.25) is 0 Å². The fourth-order valence-corrected chi connectivity index (χ4v) is 2.05. The van der Waals surface area contributed by atoms with Gasteiger partial charge in [0.05, 0.1) is 5.69 Å². The first-order chi connectivity index (χ1) is 6.48. The summed E-state index contributed by atoms with van der Waals surface area (Å²) in [5, 5.41) is 0. The van der Waals surface area contributed by atoms with E-state index >= 15 is 0 Å². The average Bonchev–Trinajstić information content (AvgIpc) is 2.48. The highest BCUT2D eigenvalue weighted by Crippen LogP contribution is 2.28. The van der Waals surface area contributed by atoms with Crippen molar-refractivity contribution in [1.82, 2.24) is 9.55 Å². The second-order valence-corrected chi connectivity index (χ2v) is 5.44. The fraction of sp³-hybridized carbons (Fsp3) is 0.750. The van der Waals surface area contributed by atoms with Crippen molar-refractivity contribution in [2.24, 2.45) is 0 Å². The molecule has 0 radical (unpaired) electrons. The summed E-state index contributed by atoms with van der Waals surface area (Å²) in [4.78, 5) is 4.74. The Balaban J connectivity index is 2.40. The molecule has 1 aliphatic heterocycles. The van der Waals surface area contributed by atoms with Gasteiger partial charge in [0, 0.05) is 24.1 Å². The molecule has 1 aliphatic rings. The third-order valence-corrected chi connectivity index (χ3v) is 3.07. The molecule has 0 N–H and O–H groups in total. The molecule has 0 spiro atoms. The quantitative estimate of drug-likeness (QED) is 0.617. The highest BCUT2D eigenvalue weighted by Gasteiger charge is 2.23. The number of imidazole rings is 1. The summed E-state index contributed by atoms with van der Waals surface area (Å²) in [5.41, 5.74) is 1.42. The summed E-state index contributed by atoms with van der Waals surface area (Å²) in [6, 6.07) is 0.641. The van der Waals surface area contributed by atoms with Gasteiger partial charge in [-0.2, -0.15) is 0 Å². The van der Waals surface area contributed by atoms with Crippen molar-refractivity contribution in [3.8, 4) is 0 Å². The molecule has 0 fully saturated rings. The van der Waals surface area contributed by atoms with E-state index in [2.05, 4.69) is 38.5 Å². The summed E-state index contributed by atoms with van der Waals surface area (Å²) in [7, 11) is 0. The molecular weight excluding hydrogens is 172 g/mol. The molecule has 14 heavy (non-hydrogen) atoms. The van der Waals surface area contributed by atoms with E-state index in [9.17, 15) is 0 Å². The lowest BCUT2D eigenvalue weighted by molar-refractivity contribution is 0.425. The van der Waals surface area contributed by atoms with Crippen LogP contribution in [-0.4, -0.2) is 9.55 Å². The highest BCUT2D eigenvalue weighted by molar-refractivity contribution is 5.15. The molecule has 2 heteroatoms. The monoisotopic (exact) mass is 192 g/mol. The number of hydrogen-bond acceptors (Lipinski definition) is 1. The van der Waals surface area contributed by atoms with Gasteiger partial charge in [0.2, 0.25) is 0 Å². The lowest BCUT2D eigenvalue weighted by atomic mass is 9.93. The lowest BCUT2D eigenvalue weighted by Gasteiger charge is -2.20. The molecule has 78 valence electrons. The van der Waals surface area contributed by atoms with Crippen LogP contribution in [0.1, 0.15) is 58.1 Å². The summed E-state index contributed by atoms with van der Waals surface area (Å²) in [6.07, 6.45) is 5.99. The van der Waals surface area contributed by atoms with Gasteiger partial charge in [-0.25, -0.2) is 4.98 Å². The normalized spacial score (nSPS) is 22.1. The van der Waals surface area contributed by atoms with Gasteiger partial charge in [-0.3, -0.25) is 0 Å². The molecule has 2 nitrogen and oxygen atoms in total. The van der Waals surface area contributed by atoms with Crippen molar-refractivity contribution in [3.63, 3.8) is 0 Å². The van der Waals surface area contributed by atoms with Gasteiger partial charge in [0.25, 0.3) is 0 Å². The van der Waals surface area contributed by atoms with E-state index < -0.39 is 0 Å². The third-order valence-electron chi connectivity index (χ3n) is 3.07. The molecule has 0 aromatic carbocycles. The van der Waals surface area contributed by atoms with Gasteiger partial charge < -0.3 is 4.57 Å².